The summed E-state index contributed by atoms with van der Waals surface area (Å²) in [5, 5.41) is 6.81. The van der Waals surface area contributed by atoms with Crippen molar-refractivity contribution in [3.05, 3.63) is 34.3 Å². The molecule has 1 aromatic carbocycles. The van der Waals surface area contributed by atoms with Crippen molar-refractivity contribution < 1.29 is 4.79 Å². The van der Waals surface area contributed by atoms with Gasteiger partial charge >= 0.3 is 0 Å². The average molecular weight is 323 g/mol. The molecular formula is C15H19BrN2O. The van der Waals surface area contributed by atoms with Crippen LogP contribution in [0.15, 0.2) is 28.7 Å². The number of hydrogen-bond acceptors (Lipinski definition) is 2. The summed E-state index contributed by atoms with van der Waals surface area (Å²) in [5.74, 6) is 0.0441. The van der Waals surface area contributed by atoms with Crippen LogP contribution in [0.4, 0.5) is 0 Å². The van der Waals surface area contributed by atoms with Crippen molar-refractivity contribution in [2.45, 2.75) is 43.7 Å². The topological polar surface area (TPSA) is 41.1 Å². The van der Waals surface area contributed by atoms with Gasteiger partial charge in [-0.1, -0.05) is 22.0 Å². The second-order valence-corrected chi connectivity index (χ2v) is 6.65. The number of carbonyl (C=O) groups excluding carboxylic acids is 1. The fourth-order valence-electron chi connectivity index (χ4n) is 3.16. The molecule has 1 saturated heterocycles. The molecule has 0 bridgehead atoms. The molecule has 1 aliphatic carbocycles. The summed E-state index contributed by atoms with van der Waals surface area (Å²) in [7, 11) is 0. The van der Waals surface area contributed by atoms with Crippen LogP contribution in [-0.2, 0) is 0 Å². The van der Waals surface area contributed by atoms with Crippen LogP contribution in [0.2, 0.25) is 0 Å². The van der Waals surface area contributed by atoms with Gasteiger partial charge in [0.15, 0.2) is 0 Å². The van der Waals surface area contributed by atoms with Crippen molar-refractivity contribution in [2.24, 2.45) is 0 Å². The van der Waals surface area contributed by atoms with Gasteiger partial charge in [-0.05, 0) is 56.8 Å². The zero-order valence-corrected chi connectivity index (χ0v) is 12.5. The van der Waals surface area contributed by atoms with Gasteiger partial charge in [0.05, 0.1) is 0 Å². The highest BCUT2D eigenvalue weighted by molar-refractivity contribution is 9.10. The standard InChI is InChI=1S/C15H19BrN2O/c16-12-4-1-3-11(9-12)14(19)18-13-5-8-17-15(10-13)6-2-7-15/h1,3-4,9,13,17H,2,5-8,10H2,(H,18,19). The van der Waals surface area contributed by atoms with E-state index in [9.17, 15) is 4.79 Å². The van der Waals surface area contributed by atoms with Crippen LogP contribution in [0.3, 0.4) is 0 Å². The molecule has 2 aliphatic rings. The summed E-state index contributed by atoms with van der Waals surface area (Å²) in [6, 6.07) is 7.88. The van der Waals surface area contributed by atoms with E-state index >= 15 is 0 Å². The summed E-state index contributed by atoms with van der Waals surface area (Å²) < 4.78 is 0.945. The molecule has 1 aromatic rings. The van der Waals surface area contributed by atoms with E-state index in [4.69, 9.17) is 0 Å². The molecule has 1 atom stereocenters. The lowest BCUT2D eigenvalue weighted by Gasteiger charge is -2.48. The van der Waals surface area contributed by atoms with Gasteiger partial charge in [-0.2, -0.15) is 0 Å². The van der Waals surface area contributed by atoms with Crippen molar-refractivity contribution in [2.75, 3.05) is 6.54 Å². The number of hydrogen-bond donors (Lipinski definition) is 2. The smallest absolute Gasteiger partial charge is 0.251 e. The first-order chi connectivity index (χ1) is 9.17. The third kappa shape index (κ3) is 2.84. The highest BCUT2D eigenvalue weighted by atomic mass is 79.9. The van der Waals surface area contributed by atoms with Crippen molar-refractivity contribution in [3.63, 3.8) is 0 Å². The Hall–Kier alpha value is -0.870. The molecule has 102 valence electrons. The number of amides is 1. The monoisotopic (exact) mass is 322 g/mol. The van der Waals surface area contributed by atoms with Crippen LogP contribution >= 0.6 is 15.9 Å². The molecular weight excluding hydrogens is 304 g/mol. The van der Waals surface area contributed by atoms with Gasteiger partial charge in [0.25, 0.3) is 5.91 Å². The van der Waals surface area contributed by atoms with Gasteiger partial charge in [-0.15, -0.1) is 0 Å². The number of rotatable bonds is 2. The quantitative estimate of drug-likeness (QED) is 0.879. The van der Waals surface area contributed by atoms with Gasteiger partial charge in [-0.25, -0.2) is 0 Å². The molecule has 1 aliphatic heterocycles. The van der Waals surface area contributed by atoms with Gasteiger partial charge in [-0.3, -0.25) is 4.79 Å². The Morgan fingerprint density at radius 1 is 1.42 bits per heavy atom. The van der Waals surface area contributed by atoms with Gasteiger partial charge < -0.3 is 10.6 Å². The van der Waals surface area contributed by atoms with Crippen LogP contribution in [0, 0.1) is 0 Å². The lowest BCUT2D eigenvalue weighted by Crippen LogP contribution is -2.59. The molecule has 3 nitrogen and oxygen atoms in total. The normalized spacial score (nSPS) is 24.8. The minimum absolute atomic E-state index is 0.0441. The third-order valence-electron chi connectivity index (χ3n) is 4.36. The molecule has 3 rings (SSSR count). The maximum absolute atomic E-state index is 12.2. The highest BCUT2D eigenvalue weighted by Gasteiger charge is 2.41. The van der Waals surface area contributed by atoms with Crippen LogP contribution in [0.5, 0.6) is 0 Å². The Bertz CT molecular complexity index is 485. The molecule has 1 saturated carbocycles. The molecule has 19 heavy (non-hydrogen) atoms. The zero-order valence-electron chi connectivity index (χ0n) is 10.9. The molecule has 4 heteroatoms. The highest BCUT2D eigenvalue weighted by Crippen LogP contribution is 2.38. The number of carbonyl (C=O) groups is 1. The number of benzene rings is 1. The van der Waals surface area contributed by atoms with E-state index < -0.39 is 0 Å². The minimum Gasteiger partial charge on any atom is -0.349 e. The van der Waals surface area contributed by atoms with Crippen LogP contribution in [-0.4, -0.2) is 24.0 Å². The Morgan fingerprint density at radius 2 is 2.26 bits per heavy atom. The molecule has 2 N–H and O–H groups in total. The van der Waals surface area contributed by atoms with E-state index in [0.717, 1.165) is 29.4 Å². The Kier molecular flexibility index (Phi) is 3.63. The second kappa shape index (κ2) is 5.25. The number of nitrogens with one attached hydrogen (secondary N) is 2. The van der Waals surface area contributed by atoms with Crippen LogP contribution in [0.25, 0.3) is 0 Å². The predicted octanol–water partition coefficient (Wildman–Crippen LogP) is 2.85. The second-order valence-electron chi connectivity index (χ2n) is 5.73. The van der Waals surface area contributed by atoms with Gasteiger partial charge in [0.1, 0.15) is 0 Å². The summed E-state index contributed by atoms with van der Waals surface area (Å²) >= 11 is 3.40. The maximum atomic E-state index is 12.2. The number of halogens is 1. The van der Waals surface area contributed by atoms with Crippen molar-refractivity contribution in [1.82, 2.24) is 10.6 Å². The average Bonchev–Trinajstić information content (AvgIpc) is 2.37. The third-order valence-corrected chi connectivity index (χ3v) is 4.86. The van der Waals surface area contributed by atoms with E-state index in [1.165, 1.54) is 19.3 Å². The fourth-order valence-corrected chi connectivity index (χ4v) is 3.56. The SMILES string of the molecule is O=C(NC1CCNC2(CCC2)C1)c1cccc(Br)c1. The number of piperidine rings is 1. The van der Waals surface area contributed by atoms with Gasteiger partial charge in [0.2, 0.25) is 0 Å². The molecule has 0 radical (unpaired) electrons. The lowest BCUT2D eigenvalue weighted by atomic mass is 9.70. The summed E-state index contributed by atoms with van der Waals surface area (Å²) in [6.07, 6.45) is 5.94. The molecule has 0 aromatic heterocycles. The van der Waals surface area contributed by atoms with Crippen molar-refractivity contribution in [3.8, 4) is 0 Å². The maximum Gasteiger partial charge on any atom is 0.251 e. The van der Waals surface area contributed by atoms with Crippen LogP contribution < -0.4 is 10.6 Å². The lowest BCUT2D eigenvalue weighted by molar-refractivity contribution is 0.0853. The van der Waals surface area contributed by atoms with E-state index in [2.05, 4.69) is 26.6 Å². The molecule has 1 heterocycles. The van der Waals surface area contributed by atoms with E-state index in [-0.39, 0.29) is 5.91 Å². The molecule has 2 fully saturated rings. The largest absolute Gasteiger partial charge is 0.349 e. The summed E-state index contributed by atoms with van der Waals surface area (Å²) in [4.78, 5) is 12.2. The Balaban J connectivity index is 1.63. The first kappa shape index (κ1) is 13.1. The molecule has 1 spiro atoms. The molecule has 1 amide bonds. The van der Waals surface area contributed by atoms with Crippen molar-refractivity contribution in [1.29, 1.82) is 0 Å². The minimum atomic E-state index is 0.0441. The zero-order chi connectivity index (χ0) is 13.3. The fraction of sp³-hybridized carbons (Fsp3) is 0.533. The summed E-state index contributed by atoms with van der Waals surface area (Å²) in [5.41, 5.74) is 1.06. The molecule has 1 unspecified atom stereocenters. The first-order valence-electron chi connectivity index (χ1n) is 6.98. The Morgan fingerprint density at radius 3 is 2.95 bits per heavy atom. The van der Waals surface area contributed by atoms with E-state index in [1.54, 1.807) is 0 Å². The first-order valence-corrected chi connectivity index (χ1v) is 7.78. The van der Waals surface area contributed by atoms with E-state index in [1.807, 2.05) is 24.3 Å². The van der Waals surface area contributed by atoms with E-state index in [0.29, 0.717) is 11.6 Å². The Labute approximate surface area is 122 Å². The van der Waals surface area contributed by atoms with Crippen molar-refractivity contribution >= 4 is 21.8 Å². The predicted molar refractivity (Wildman–Crippen MR) is 79.2 cm³/mol. The summed E-state index contributed by atoms with van der Waals surface area (Å²) in [6.45, 7) is 1.02. The van der Waals surface area contributed by atoms with Crippen LogP contribution in [0.1, 0.15) is 42.5 Å². The van der Waals surface area contributed by atoms with Gasteiger partial charge in [0, 0.05) is 21.6 Å².